The summed E-state index contributed by atoms with van der Waals surface area (Å²) in [5.41, 5.74) is 6.34. The van der Waals surface area contributed by atoms with Crippen molar-refractivity contribution in [3.05, 3.63) is 29.3 Å². The zero-order chi connectivity index (χ0) is 8.27. The molecule has 11 heavy (non-hydrogen) atoms. The van der Waals surface area contributed by atoms with Gasteiger partial charge in [-0.2, -0.15) is 0 Å². The Kier molecular flexibility index (Phi) is 2.49. The van der Waals surface area contributed by atoms with E-state index in [-0.39, 0.29) is 0 Å². The first-order valence-corrected chi connectivity index (χ1v) is 3.60. The normalized spacial score (nSPS) is 9.73. The number of hydrogen-bond donors (Lipinski definition) is 1. The van der Waals surface area contributed by atoms with Crippen molar-refractivity contribution in [3.8, 4) is 0 Å². The third-order valence-corrected chi connectivity index (χ3v) is 1.73. The molecule has 0 heterocycles. The summed E-state index contributed by atoms with van der Waals surface area (Å²) in [7, 11) is 1.61. The van der Waals surface area contributed by atoms with Crippen LogP contribution in [0.1, 0.15) is 11.1 Å². The van der Waals surface area contributed by atoms with Crippen LogP contribution in [0.3, 0.4) is 0 Å². The van der Waals surface area contributed by atoms with E-state index < -0.39 is 0 Å². The summed E-state index contributed by atoms with van der Waals surface area (Å²) >= 11 is 0. The average Bonchev–Trinajstić information content (AvgIpc) is 1.98. The van der Waals surface area contributed by atoms with E-state index in [0.717, 1.165) is 5.69 Å². The minimum absolute atomic E-state index is 0.996. The van der Waals surface area contributed by atoms with Crippen molar-refractivity contribution in [2.45, 2.75) is 13.8 Å². The van der Waals surface area contributed by atoms with E-state index in [1.165, 1.54) is 11.1 Å². The fourth-order valence-corrected chi connectivity index (χ4v) is 0.923. The van der Waals surface area contributed by atoms with Gasteiger partial charge in [0.2, 0.25) is 0 Å². The molecule has 0 amide bonds. The van der Waals surface area contributed by atoms with E-state index in [9.17, 15) is 0 Å². The quantitative estimate of drug-likeness (QED) is 0.655. The van der Waals surface area contributed by atoms with Crippen LogP contribution in [0.4, 0.5) is 5.69 Å². The lowest BCUT2D eigenvalue weighted by Gasteiger charge is -2.05. The second-order valence-corrected chi connectivity index (χ2v) is 2.61. The van der Waals surface area contributed by atoms with Gasteiger partial charge >= 0.3 is 0 Å². The van der Waals surface area contributed by atoms with E-state index >= 15 is 0 Å². The summed E-state index contributed by atoms with van der Waals surface area (Å²) in [4.78, 5) is 4.77. The van der Waals surface area contributed by atoms with Crippen molar-refractivity contribution in [1.82, 2.24) is 0 Å². The molecule has 0 aliphatic carbocycles. The van der Waals surface area contributed by atoms with Gasteiger partial charge in [-0.1, -0.05) is 6.07 Å². The van der Waals surface area contributed by atoms with Crippen LogP contribution in [-0.4, -0.2) is 7.11 Å². The van der Waals surface area contributed by atoms with Crippen LogP contribution in [0.15, 0.2) is 18.2 Å². The number of nitrogens with one attached hydrogen (secondary N) is 1. The molecule has 2 heteroatoms. The molecule has 1 aromatic carbocycles. The molecule has 0 bridgehead atoms. The second-order valence-electron chi connectivity index (χ2n) is 2.61. The molecule has 0 aliphatic rings. The monoisotopic (exact) mass is 151 g/mol. The number of hydrogen-bond acceptors (Lipinski definition) is 2. The molecule has 0 saturated carbocycles. The maximum atomic E-state index is 4.77. The minimum Gasteiger partial charge on any atom is -0.279 e. The Morgan fingerprint density at radius 3 is 2.45 bits per heavy atom. The lowest BCUT2D eigenvalue weighted by molar-refractivity contribution is 0.271. The van der Waals surface area contributed by atoms with Crippen molar-refractivity contribution < 1.29 is 4.84 Å². The van der Waals surface area contributed by atoms with E-state index in [1.807, 2.05) is 6.07 Å². The van der Waals surface area contributed by atoms with Crippen LogP contribution in [0.5, 0.6) is 0 Å². The Morgan fingerprint density at radius 2 is 1.91 bits per heavy atom. The number of anilines is 1. The van der Waals surface area contributed by atoms with Crippen LogP contribution in [-0.2, 0) is 4.84 Å². The third-order valence-electron chi connectivity index (χ3n) is 1.73. The summed E-state index contributed by atoms with van der Waals surface area (Å²) in [5.74, 6) is 0. The fourth-order valence-electron chi connectivity index (χ4n) is 0.923. The molecule has 1 rings (SSSR count). The molecular weight excluding hydrogens is 138 g/mol. The third kappa shape index (κ3) is 1.95. The molecule has 0 saturated heterocycles. The van der Waals surface area contributed by atoms with E-state index in [4.69, 9.17) is 4.84 Å². The summed E-state index contributed by atoms with van der Waals surface area (Å²) in [5, 5.41) is 0. The Bertz CT molecular complexity index is 245. The molecule has 0 radical (unpaired) electrons. The molecule has 0 atom stereocenters. The fraction of sp³-hybridized carbons (Fsp3) is 0.333. The van der Waals surface area contributed by atoms with Crippen molar-refractivity contribution in [2.24, 2.45) is 0 Å². The molecule has 0 aromatic heterocycles. The SMILES string of the molecule is CONc1ccc(C)c(C)c1. The number of rotatable bonds is 2. The summed E-state index contributed by atoms with van der Waals surface area (Å²) < 4.78 is 0. The molecule has 0 unspecified atom stereocenters. The first kappa shape index (κ1) is 8.08. The smallest absolute Gasteiger partial charge is 0.0636 e. The van der Waals surface area contributed by atoms with E-state index in [1.54, 1.807) is 7.11 Å². The molecule has 2 nitrogen and oxygen atoms in total. The van der Waals surface area contributed by atoms with Crippen LogP contribution in [0.2, 0.25) is 0 Å². The topological polar surface area (TPSA) is 21.3 Å². The van der Waals surface area contributed by atoms with Gasteiger partial charge in [0.25, 0.3) is 0 Å². The summed E-state index contributed by atoms with van der Waals surface area (Å²) in [6, 6.07) is 6.11. The van der Waals surface area contributed by atoms with Crippen LogP contribution in [0, 0.1) is 13.8 Å². The Labute approximate surface area is 67.1 Å². The Morgan fingerprint density at radius 1 is 1.18 bits per heavy atom. The van der Waals surface area contributed by atoms with Gasteiger partial charge in [-0.3, -0.25) is 10.3 Å². The maximum absolute atomic E-state index is 4.77. The van der Waals surface area contributed by atoms with Gasteiger partial charge in [0, 0.05) is 0 Å². The molecular formula is C9H13NO. The van der Waals surface area contributed by atoms with Gasteiger partial charge in [-0.25, -0.2) is 0 Å². The first-order chi connectivity index (χ1) is 5.24. The molecule has 0 aliphatic heterocycles. The Hall–Kier alpha value is -1.02. The summed E-state index contributed by atoms with van der Waals surface area (Å²) in [6.45, 7) is 4.17. The highest BCUT2D eigenvalue weighted by molar-refractivity contribution is 5.46. The zero-order valence-electron chi connectivity index (χ0n) is 7.14. The molecule has 0 spiro atoms. The first-order valence-electron chi connectivity index (χ1n) is 3.60. The van der Waals surface area contributed by atoms with Gasteiger partial charge in [0.05, 0.1) is 12.8 Å². The minimum atomic E-state index is 0.996. The highest BCUT2D eigenvalue weighted by Gasteiger charge is 1.93. The molecule has 60 valence electrons. The van der Waals surface area contributed by atoms with Crippen molar-refractivity contribution >= 4 is 5.69 Å². The highest BCUT2D eigenvalue weighted by Crippen LogP contribution is 2.13. The predicted octanol–water partition coefficient (Wildman–Crippen LogP) is 2.28. The molecule has 0 fully saturated rings. The van der Waals surface area contributed by atoms with E-state index in [2.05, 4.69) is 31.5 Å². The number of aryl methyl sites for hydroxylation is 2. The van der Waals surface area contributed by atoms with Crippen molar-refractivity contribution in [2.75, 3.05) is 12.6 Å². The van der Waals surface area contributed by atoms with Gasteiger partial charge in [0.15, 0.2) is 0 Å². The highest BCUT2D eigenvalue weighted by atomic mass is 16.6. The van der Waals surface area contributed by atoms with E-state index in [0.29, 0.717) is 0 Å². The predicted molar refractivity (Wildman–Crippen MR) is 46.5 cm³/mol. The standard InChI is InChI=1S/C9H13NO/c1-7-4-5-9(10-11-3)6-8(7)2/h4-6,10H,1-3H3. The van der Waals surface area contributed by atoms with Crippen molar-refractivity contribution in [3.63, 3.8) is 0 Å². The largest absolute Gasteiger partial charge is 0.279 e. The zero-order valence-corrected chi connectivity index (χ0v) is 7.14. The van der Waals surface area contributed by atoms with Crippen LogP contribution >= 0.6 is 0 Å². The lowest BCUT2D eigenvalue weighted by atomic mass is 10.1. The van der Waals surface area contributed by atoms with Gasteiger partial charge in [0.1, 0.15) is 0 Å². The molecule has 1 N–H and O–H groups in total. The number of benzene rings is 1. The van der Waals surface area contributed by atoms with Gasteiger partial charge < -0.3 is 0 Å². The Balaban J connectivity index is 2.86. The maximum Gasteiger partial charge on any atom is 0.0636 e. The lowest BCUT2D eigenvalue weighted by Crippen LogP contribution is -1.95. The average molecular weight is 151 g/mol. The van der Waals surface area contributed by atoms with Crippen LogP contribution in [0.25, 0.3) is 0 Å². The van der Waals surface area contributed by atoms with Gasteiger partial charge in [-0.05, 0) is 37.1 Å². The van der Waals surface area contributed by atoms with Crippen LogP contribution < -0.4 is 5.48 Å². The van der Waals surface area contributed by atoms with Crippen molar-refractivity contribution in [1.29, 1.82) is 0 Å². The van der Waals surface area contributed by atoms with Gasteiger partial charge in [-0.15, -0.1) is 0 Å². The summed E-state index contributed by atoms with van der Waals surface area (Å²) in [6.07, 6.45) is 0. The second kappa shape index (κ2) is 3.39. The molecule has 1 aromatic rings.